The molecule has 1 aliphatic carbocycles. The molecule has 0 bridgehead atoms. The Kier molecular flexibility index (Phi) is 8.51. The predicted molar refractivity (Wildman–Crippen MR) is 153 cm³/mol. The molecule has 0 amide bonds. The number of aromatic nitrogens is 2. The van der Waals surface area contributed by atoms with E-state index >= 15 is 0 Å². The fourth-order valence-electron chi connectivity index (χ4n) is 4.14. The van der Waals surface area contributed by atoms with Gasteiger partial charge in [0.25, 0.3) is 0 Å². The van der Waals surface area contributed by atoms with Gasteiger partial charge in [0.1, 0.15) is 36.9 Å². The number of hydrogen-bond donors (Lipinski definition) is 1. The Morgan fingerprint density at radius 1 is 1.05 bits per heavy atom. The Morgan fingerprint density at radius 3 is 2.82 bits per heavy atom. The van der Waals surface area contributed by atoms with Gasteiger partial charge in [0.2, 0.25) is 0 Å². The van der Waals surface area contributed by atoms with Crippen molar-refractivity contribution in [3.63, 3.8) is 0 Å². The lowest BCUT2D eigenvalue weighted by molar-refractivity contribution is 0.123. The van der Waals surface area contributed by atoms with Crippen molar-refractivity contribution in [3.05, 3.63) is 119 Å². The van der Waals surface area contributed by atoms with Gasteiger partial charge in [-0.05, 0) is 77.2 Å². The summed E-state index contributed by atoms with van der Waals surface area (Å²) in [6.07, 6.45) is 10.5. The number of hydrogen-bond acceptors (Lipinski definition) is 6. The lowest BCUT2D eigenvalue weighted by Gasteiger charge is -2.14. The van der Waals surface area contributed by atoms with Gasteiger partial charge in [0.15, 0.2) is 0 Å². The molecule has 1 aliphatic rings. The molecule has 1 heterocycles. The van der Waals surface area contributed by atoms with Crippen LogP contribution in [-0.4, -0.2) is 30.3 Å². The lowest BCUT2D eigenvalue weighted by atomic mass is 9.96. The van der Waals surface area contributed by atoms with Crippen LogP contribution < -0.4 is 10.1 Å². The molecular formula is C31H27ClFN3O3. The average Bonchev–Trinajstić information content (AvgIpc) is 2.95. The van der Waals surface area contributed by atoms with Gasteiger partial charge in [-0.3, -0.25) is 0 Å². The summed E-state index contributed by atoms with van der Waals surface area (Å²) in [4.78, 5) is 8.91. The van der Waals surface area contributed by atoms with Crippen molar-refractivity contribution < 1.29 is 18.6 Å². The maximum atomic E-state index is 13.4. The smallest absolute Gasteiger partial charge is 0.141 e. The van der Waals surface area contributed by atoms with Gasteiger partial charge in [0, 0.05) is 18.2 Å². The Bertz CT molecular complexity index is 1570. The van der Waals surface area contributed by atoms with Crippen LogP contribution in [0.25, 0.3) is 16.5 Å². The van der Waals surface area contributed by atoms with E-state index in [0.717, 1.165) is 45.3 Å². The van der Waals surface area contributed by atoms with Crippen LogP contribution in [0.3, 0.4) is 0 Å². The molecule has 0 saturated carbocycles. The van der Waals surface area contributed by atoms with Crippen molar-refractivity contribution in [3.8, 4) is 5.75 Å². The number of rotatable bonds is 10. The van der Waals surface area contributed by atoms with E-state index in [-0.39, 0.29) is 12.4 Å². The van der Waals surface area contributed by atoms with Crippen molar-refractivity contribution in [1.29, 1.82) is 0 Å². The topological polar surface area (TPSA) is 65.5 Å². The third-order valence-electron chi connectivity index (χ3n) is 6.08. The molecule has 0 aliphatic heterocycles. The molecule has 0 spiro atoms. The second-order valence-corrected chi connectivity index (χ2v) is 9.31. The number of halogens is 2. The highest BCUT2D eigenvalue weighted by Gasteiger charge is 2.11. The second-order valence-electron chi connectivity index (χ2n) is 8.91. The first-order chi connectivity index (χ1) is 19.1. The van der Waals surface area contributed by atoms with Crippen molar-refractivity contribution in [2.24, 2.45) is 0 Å². The van der Waals surface area contributed by atoms with Gasteiger partial charge in [-0.2, -0.15) is 0 Å². The van der Waals surface area contributed by atoms with Gasteiger partial charge < -0.3 is 19.5 Å². The molecule has 4 aromatic rings. The monoisotopic (exact) mass is 543 g/mol. The number of ether oxygens (including phenoxy) is 3. The lowest BCUT2D eigenvalue weighted by Crippen LogP contribution is -1.99. The Morgan fingerprint density at radius 2 is 1.97 bits per heavy atom. The molecule has 1 aromatic heterocycles. The molecule has 1 N–H and O–H groups in total. The summed E-state index contributed by atoms with van der Waals surface area (Å²) >= 11 is 6.50. The molecule has 3 aromatic carbocycles. The molecule has 39 heavy (non-hydrogen) atoms. The maximum Gasteiger partial charge on any atom is 0.141 e. The molecular weight excluding hydrogens is 517 g/mol. The van der Waals surface area contributed by atoms with Gasteiger partial charge in [-0.25, -0.2) is 14.4 Å². The van der Waals surface area contributed by atoms with Crippen LogP contribution in [0.4, 0.5) is 15.9 Å². The van der Waals surface area contributed by atoms with Crippen molar-refractivity contribution >= 4 is 39.6 Å². The third kappa shape index (κ3) is 6.82. The largest absolute Gasteiger partial charge is 0.498 e. The van der Waals surface area contributed by atoms with Crippen molar-refractivity contribution in [2.75, 3.05) is 25.6 Å². The van der Waals surface area contributed by atoms with Gasteiger partial charge >= 0.3 is 0 Å². The first-order valence-electron chi connectivity index (χ1n) is 12.5. The van der Waals surface area contributed by atoms with E-state index in [2.05, 4.69) is 39.6 Å². The van der Waals surface area contributed by atoms with Crippen LogP contribution in [0.15, 0.2) is 97.1 Å². The van der Waals surface area contributed by atoms with E-state index in [9.17, 15) is 4.39 Å². The van der Waals surface area contributed by atoms with Crippen LogP contribution in [0.5, 0.6) is 5.75 Å². The number of methoxy groups -OCH3 is 1. The summed E-state index contributed by atoms with van der Waals surface area (Å²) in [5.74, 6) is 0.861. The fourth-order valence-corrected chi connectivity index (χ4v) is 4.38. The molecule has 198 valence electrons. The fraction of sp³-hybridized carbons (Fsp3) is 0.161. The summed E-state index contributed by atoms with van der Waals surface area (Å²) in [5, 5.41) is 4.66. The molecule has 0 saturated heterocycles. The highest BCUT2D eigenvalue weighted by Crippen LogP contribution is 2.33. The molecule has 0 atom stereocenters. The third-order valence-corrected chi connectivity index (χ3v) is 6.37. The quantitative estimate of drug-likeness (QED) is 0.164. The van der Waals surface area contributed by atoms with E-state index in [1.165, 1.54) is 18.5 Å². The first-order valence-corrected chi connectivity index (χ1v) is 12.8. The number of fused-ring (bicyclic) bond motifs is 1. The Labute approximate surface area is 231 Å². The Balaban J connectivity index is 1.34. The van der Waals surface area contributed by atoms with Crippen LogP contribution in [0, 0.1) is 5.82 Å². The van der Waals surface area contributed by atoms with Crippen LogP contribution in [0.1, 0.15) is 17.5 Å². The second kappa shape index (κ2) is 12.6. The van der Waals surface area contributed by atoms with Gasteiger partial charge in [0.05, 0.1) is 23.4 Å². The summed E-state index contributed by atoms with van der Waals surface area (Å²) in [5.41, 5.74) is 5.48. The highest BCUT2D eigenvalue weighted by atomic mass is 35.5. The predicted octanol–water partition coefficient (Wildman–Crippen LogP) is 7.64. The zero-order valence-corrected chi connectivity index (χ0v) is 22.1. The van der Waals surface area contributed by atoms with Crippen molar-refractivity contribution in [2.45, 2.75) is 13.0 Å². The van der Waals surface area contributed by atoms with Crippen LogP contribution in [0.2, 0.25) is 5.02 Å². The molecule has 0 unspecified atom stereocenters. The zero-order valence-electron chi connectivity index (χ0n) is 21.4. The maximum absolute atomic E-state index is 13.4. The summed E-state index contributed by atoms with van der Waals surface area (Å²) in [7, 11) is 1.65. The highest BCUT2D eigenvalue weighted by molar-refractivity contribution is 6.32. The van der Waals surface area contributed by atoms with E-state index < -0.39 is 0 Å². The number of anilines is 2. The minimum Gasteiger partial charge on any atom is -0.498 e. The molecule has 0 radical (unpaired) electrons. The number of nitrogens with zero attached hydrogens (tertiary/aromatic N) is 2. The minimum absolute atomic E-state index is 0.212. The number of allylic oxidation sites excluding steroid dienone is 5. The van der Waals surface area contributed by atoms with Crippen LogP contribution in [-0.2, 0) is 16.1 Å². The van der Waals surface area contributed by atoms with Crippen LogP contribution >= 0.6 is 11.6 Å². The number of benzene rings is 3. The molecule has 5 rings (SSSR count). The van der Waals surface area contributed by atoms with E-state index in [1.54, 1.807) is 37.6 Å². The molecule has 0 fully saturated rings. The van der Waals surface area contributed by atoms with Crippen molar-refractivity contribution in [1.82, 2.24) is 9.97 Å². The normalized spacial score (nSPS) is 13.9. The van der Waals surface area contributed by atoms with E-state index in [4.69, 9.17) is 25.8 Å². The van der Waals surface area contributed by atoms with Gasteiger partial charge in [-0.1, -0.05) is 42.0 Å². The average molecular weight is 544 g/mol. The van der Waals surface area contributed by atoms with E-state index in [0.29, 0.717) is 29.8 Å². The standard InChI is InChI=1S/C31H27ClFN3O3/c1-37-12-13-38-18-21-4-2-6-23(14-21)24-8-10-29-27(16-24)31(35-20-34-29)36-26-9-11-30(28(32)17-26)39-19-22-5-3-7-25(33)15-22/h2-3,5-11,14-18,20H,4,12-13,19H2,1H3,(H,34,35,36). The summed E-state index contributed by atoms with van der Waals surface area (Å²) < 4.78 is 29.9. The molecule has 8 heteroatoms. The summed E-state index contributed by atoms with van der Waals surface area (Å²) in [6.45, 7) is 1.27. The SMILES string of the molecule is COCCOC=C1C=C(c2ccc3ncnc(Nc4ccc(OCc5cccc(F)c5)c(Cl)c4)c3c2)C=CC1. The van der Waals surface area contributed by atoms with Gasteiger partial charge in [-0.15, -0.1) is 0 Å². The Hall–Kier alpha value is -4.20. The molecule has 6 nitrogen and oxygen atoms in total. The van der Waals surface area contributed by atoms with E-state index in [1.807, 2.05) is 18.2 Å². The first kappa shape index (κ1) is 26.4. The number of nitrogens with one attached hydrogen (secondary N) is 1. The minimum atomic E-state index is -0.304. The zero-order chi connectivity index (χ0) is 27.0. The summed E-state index contributed by atoms with van der Waals surface area (Å²) in [6, 6.07) is 17.8.